The Bertz CT molecular complexity index is 875. The molecular weight excluding hydrogens is 348 g/mol. The number of aliphatic hydroxyl groups is 1. The van der Waals surface area contributed by atoms with Crippen molar-refractivity contribution >= 4 is 6.21 Å². The van der Waals surface area contributed by atoms with E-state index >= 15 is 0 Å². The molecular formula is C24H30N2O2. The van der Waals surface area contributed by atoms with E-state index in [0.717, 1.165) is 30.7 Å². The Labute approximate surface area is 167 Å². The first-order valence-corrected chi connectivity index (χ1v) is 10.6. The predicted octanol–water partition coefficient (Wildman–Crippen LogP) is 4.34. The lowest BCUT2D eigenvalue weighted by Gasteiger charge is -2.50. The zero-order chi connectivity index (χ0) is 19.3. The van der Waals surface area contributed by atoms with Crippen LogP contribution in [0, 0.1) is 17.3 Å². The fraction of sp³-hybridized carbons (Fsp3) is 0.542. The first-order chi connectivity index (χ1) is 13.6. The number of aliphatic hydroxyl groups excluding tert-OH is 1. The predicted molar refractivity (Wildman–Crippen MR) is 111 cm³/mol. The fourth-order valence-electron chi connectivity index (χ4n) is 6.42. The Hall–Kier alpha value is -2.07. The molecule has 0 radical (unpaired) electrons. The number of H-pyrrole nitrogens is 1. The Balaban J connectivity index is 1.41. The summed E-state index contributed by atoms with van der Waals surface area (Å²) in [6.07, 6.45) is 9.04. The number of aryl methyl sites for hydroxylation is 1. The fourth-order valence-corrected chi connectivity index (χ4v) is 6.42. The van der Waals surface area contributed by atoms with Gasteiger partial charge in [0.1, 0.15) is 5.75 Å². The van der Waals surface area contributed by atoms with Crippen LogP contribution in [0.25, 0.3) is 0 Å². The highest BCUT2D eigenvalue weighted by atomic mass is 16.5. The number of hydrogen-bond acceptors (Lipinski definition) is 3. The second kappa shape index (κ2) is 6.77. The van der Waals surface area contributed by atoms with Crippen molar-refractivity contribution < 1.29 is 9.84 Å². The molecule has 3 aliphatic rings. The minimum atomic E-state index is -0.345. The minimum absolute atomic E-state index is 0.00862. The third kappa shape index (κ3) is 2.73. The molecule has 0 amide bonds. The highest BCUT2D eigenvalue weighted by Crippen LogP contribution is 2.61. The second-order valence-corrected chi connectivity index (χ2v) is 9.18. The van der Waals surface area contributed by atoms with Gasteiger partial charge in [-0.3, -0.25) is 4.99 Å². The largest absolute Gasteiger partial charge is 0.497 e. The van der Waals surface area contributed by atoms with Crippen molar-refractivity contribution in [1.29, 1.82) is 0 Å². The van der Waals surface area contributed by atoms with Crippen LogP contribution in [0.3, 0.4) is 0 Å². The van der Waals surface area contributed by atoms with Crippen LogP contribution in [-0.2, 0) is 6.42 Å². The third-order valence-electron chi connectivity index (χ3n) is 7.93. The summed E-state index contributed by atoms with van der Waals surface area (Å²) in [7, 11) is 1.74. The first kappa shape index (κ1) is 18.0. The summed E-state index contributed by atoms with van der Waals surface area (Å²) in [5.41, 5.74) is 3.98. The molecule has 0 spiro atoms. The summed E-state index contributed by atoms with van der Waals surface area (Å²) in [6.45, 7) is 2.31. The number of aromatic amines is 1. The van der Waals surface area contributed by atoms with Gasteiger partial charge in [-0.1, -0.05) is 13.0 Å². The summed E-state index contributed by atoms with van der Waals surface area (Å²) in [5, 5.41) is 11.2. The van der Waals surface area contributed by atoms with Gasteiger partial charge in [-0.05, 0) is 90.7 Å². The van der Waals surface area contributed by atoms with E-state index in [1.807, 2.05) is 24.5 Å². The van der Waals surface area contributed by atoms with Crippen LogP contribution in [-0.4, -0.2) is 35.6 Å². The lowest BCUT2D eigenvalue weighted by atomic mass is 9.55. The number of hydrogen-bond donors (Lipinski definition) is 2. The van der Waals surface area contributed by atoms with Crippen LogP contribution in [0.5, 0.6) is 5.75 Å². The maximum absolute atomic E-state index is 11.2. The molecule has 4 heteroatoms. The highest BCUT2D eigenvalue weighted by molar-refractivity contribution is 5.77. The average molecular weight is 379 g/mol. The first-order valence-electron chi connectivity index (χ1n) is 10.6. The van der Waals surface area contributed by atoms with E-state index in [1.165, 1.54) is 24.0 Å². The van der Waals surface area contributed by atoms with Crippen molar-refractivity contribution in [3.8, 4) is 5.75 Å². The SMILES string of the molecule is COc1ccc2c(c1)CC[C@@H]1[C@@H]2CC[C@]2(C)[C@H](O)[C@@H](N=Cc3ccc[nH]3)C[C@@H]12. The van der Waals surface area contributed by atoms with Crippen molar-refractivity contribution in [1.82, 2.24) is 4.98 Å². The van der Waals surface area contributed by atoms with Crippen molar-refractivity contribution in [2.75, 3.05) is 7.11 Å². The molecule has 0 bridgehead atoms. The number of rotatable bonds is 3. The number of aromatic nitrogens is 1. The Kier molecular flexibility index (Phi) is 4.35. The summed E-state index contributed by atoms with van der Waals surface area (Å²) >= 11 is 0. The monoisotopic (exact) mass is 378 g/mol. The van der Waals surface area contributed by atoms with E-state index in [1.54, 1.807) is 7.11 Å². The minimum Gasteiger partial charge on any atom is -0.497 e. The number of ether oxygens (including phenoxy) is 1. The molecule has 2 saturated carbocycles. The smallest absolute Gasteiger partial charge is 0.119 e. The Morgan fingerprint density at radius 2 is 2.18 bits per heavy atom. The maximum atomic E-state index is 11.2. The van der Waals surface area contributed by atoms with Gasteiger partial charge in [0.15, 0.2) is 0 Å². The molecule has 4 nitrogen and oxygen atoms in total. The van der Waals surface area contributed by atoms with Gasteiger partial charge in [-0.2, -0.15) is 0 Å². The maximum Gasteiger partial charge on any atom is 0.119 e. The molecule has 148 valence electrons. The second-order valence-electron chi connectivity index (χ2n) is 9.18. The van der Waals surface area contributed by atoms with Gasteiger partial charge in [-0.15, -0.1) is 0 Å². The van der Waals surface area contributed by atoms with Crippen molar-refractivity contribution in [2.24, 2.45) is 22.2 Å². The lowest BCUT2D eigenvalue weighted by Crippen LogP contribution is -2.44. The van der Waals surface area contributed by atoms with Gasteiger partial charge in [0.2, 0.25) is 0 Å². The quantitative estimate of drug-likeness (QED) is 0.781. The average Bonchev–Trinajstić information content (AvgIpc) is 3.32. The molecule has 3 aliphatic carbocycles. The Morgan fingerprint density at radius 3 is 2.96 bits per heavy atom. The summed E-state index contributed by atoms with van der Waals surface area (Å²) in [5.74, 6) is 2.78. The molecule has 1 heterocycles. The van der Waals surface area contributed by atoms with E-state index in [0.29, 0.717) is 17.8 Å². The summed E-state index contributed by atoms with van der Waals surface area (Å²) in [4.78, 5) is 7.97. The van der Waals surface area contributed by atoms with Gasteiger partial charge >= 0.3 is 0 Å². The van der Waals surface area contributed by atoms with E-state index in [4.69, 9.17) is 9.73 Å². The van der Waals surface area contributed by atoms with Gasteiger partial charge in [0, 0.05) is 12.4 Å². The zero-order valence-corrected chi connectivity index (χ0v) is 16.8. The lowest BCUT2D eigenvalue weighted by molar-refractivity contribution is -0.0254. The molecule has 6 atom stereocenters. The number of nitrogens with zero attached hydrogens (tertiary/aromatic N) is 1. The van der Waals surface area contributed by atoms with Gasteiger partial charge in [0.05, 0.1) is 24.9 Å². The van der Waals surface area contributed by atoms with Crippen LogP contribution in [0.2, 0.25) is 0 Å². The van der Waals surface area contributed by atoms with Crippen LogP contribution >= 0.6 is 0 Å². The number of aliphatic imine (C=N–C) groups is 1. The molecule has 2 fully saturated rings. The van der Waals surface area contributed by atoms with Gasteiger partial charge in [0.25, 0.3) is 0 Å². The van der Waals surface area contributed by atoms with Crippen LogP contribution < -0.4 is 4.74 Å². The van der Waals surface area contributed by atoms with E-state index in [-0.39, 0.29) is 17.6 Å². The molecule has 5 rings (SSSR count). The molecule has 28 heavy (non-hydrogen) atoms. The third-order valence-corrected chi connectivity index (χ3v) is 7.93. The van der Waals surface area contributed by atoms with E-state index < -0.39 is 0 Å². The number of benzene rings is 1. The van der Waals surface area contributed by atoms with Crippen molar-refractivity contribution in [3.05, 3.63) is 53.3 Å². The zero-order valence-electron chi connectivity index (χ0n) is 16.8. The molecule has 1 aromatic carbocycles. The molecule has 0 unspecified atom stereocenters. The topological polar surface area (TPSA) is 57.6 Å². The van der Waals surface area contributed by atoms with Crippen LogP contribution in [0.4, 0.5) is 0 Å². The molecule has 0 aliphatic heterocycles. The van der Waals surface area contributed by atoms with Gasteiger partial charge in [-0.25, -0.2) is 0 Å². The molecule has 2 aromatic rings. The summed E-state index contributed by atoms with van der Waals surface area (Å²) < 4.78 is 5.44. The summed E-state index contributed by atoms with van der Waals surface area (Å²) in [6, 6.07) is 10.6. The molecule has 2 N–H and O–H groups in total. The number of nitrogens with one attached hydrogen (secondary N) is 1. The van der Waals surface area contributed by atoms with E-state index in [9.17, 15) is 5.11 Å². The molecule has 1 aromatic heterocycles. The van der Waals surface area contributed by atoms with Crippen LogP contribution in [0.15, 0.2) is 41.5 Å². The number of fused-ring (bicyclic) bond motifs is 5. The van der Waals surface area contributed by atoms with Crippen molar-refractivity contribution in [3.63, 3.8) is 0 Å². The number of methoxy groups -OCH3 is 1. The highest BCUT2D eigenvalue weighted by Gasteiger charge is 2.57. The standard InChI is InChI=1S/C24H30N2O2/c1-24-10-9-19-18-8-6-17(28-2)12-15(18)5-7-20(19)21(24)13-22(23(24)27)26-14-16-4-3-11-25-16/h3-4,6,8,11-12,14,19-23,25,27H,5,7,9-10,13H2,1-2H3/t19-,20-,21+,22+,23-,24+/m1/s1. The molecule has 0 saturated heterocycles. The van der Waals surface area contributed by atoms with E-state index in [2.05, 4.69) is 30.1 Å². The van der Waals surface area contributed by atoms with Gasteiger partial charge < -0.3 is 14.8 Å². The normalized spacial score (nSPS) is 36.8. The van der Waals surface area contributed by atoms with Crippen molar-refractivity contribution in [2.45, 2.75) is 57.1 Å². The van der Waals surface area contributed by atoms with Crippen LogP contribution in [0.1, 0.15) is 55.3 Å². The Morgan fingerprint density at radius 1 is 1.29 bits per heavy atom.